The summed E-state index contributed by atoms with van der Waals surface area (Å²) >= 11 is 7.08. The number of carbonyl (C=O) groups excluding carboxylic acids is 1. The molecule has 0 aromatic heterocycles. The predicted molar refractivity (Wildman–Crippen MR) is 117 cm³/mol. The number of benzene rings is 2. The first-order chi connectivity index (χ1) is 14.9. The Kier molecular flexibility index (Phi) is 6.15. The highest BCUT2D eigenvalue weighted by Gasteiger charge is 2.41. The number of fused-ring (bicyclic) bond motifs is 1. The average Bonchev–Trinajstić information content (AvgIpc) is 3.38. The van der Waals surface area contributed by atoms with Gasteiger partial charge in [0.15, 0.2) is 23.3 Å². The molecular weight excluding hydrogens is 541 g/mol. The monoisotopic (exact) mass is 555 g/mol. The normalized spacial score (nSPS) is 19.3. The summed E-state index contributed by atoms with van der Waals surface area (Å²) in [7, 11) is 1.52. The molecule has 2 heterocycles. The van der Waals surface area contributed by atoms with Gasteiger partial charge >= 0.3 is 0 Å². The number of ether oxygens (including phenoxy) is 3. The van der Waals surface area contributed by atoms with Crippen molar-refractivity contribution in [3.8, 4) is 17.2 Å². The zero-order chi connectivity index (χ0) is 22.1. The van der Waals surface area contributed by atoms with Crippen LogP contribution in [0.1, 0.15) is 24.2 Å². The third-order valence-electron chi connectivity index (χ3n) is 4.81. The summed E-state index contributed by atoms with van der Waals surface area (Å²) in [6.45, 7) is 1.88. The zero-order valence-electron chi connectivity index (χ0n) is 16.3. The Hall–Kier alpha value is -2.66. The Labute approximate surface area is 193 Å². The number of methoxy groups -OCH3 is 1. The Balaban J connectivity index is 1.52. The third-order valence-corrected chi connectivity index (χ3v) is 6.39. The summed E-state index contributed by atoms with van der Waals surface area (Å²) in [6, 6.07) is 5.70. The molecule has 2 atom stereocenters. The first-order valence-electron chi connectivity index (χ1n) is 9.09. The maximum atomic E-state index is 13.0. The van der Waals surface area contributed by atoms with E-state index in [0.717, 1.165) is 0 Å². The van der Waals surface area contributed by atoms with Crippen molar-refractivity contribution in [1.29, 1.82) is 0 Å². The van der Waals surface area contributed by atoms with Gasteiger partial charge in [0.1, 0.15) is 5.82 Å². The van der Waals surface area contributed by atoms with Crippen molar-refractivity contribution in [2.24, 2.45) is 16.2 Å². The SMILES string of the molecule is COc1c(Br)c([C@@H]2ON=C(C(=O)N/N=C\c3ccc(F)cc3)[C@H]2C)c(Br)c2c1OCO2. The highest BCUT2D eigenvalue weighted by molar-refractivity contribution is 9.11. The van der Waals surface area contributed by atoms with Crippen LogP contribution in [0.5, 0.6) is 17.2 Å². The molecule has 0 fully saturated rings. The van der Waals surface area contributed by atoms with E-state index in [9.17, 15) is 9.18 Å². The van der Waals surface area contributed by atoms with E-state index in [1.54, 1.807) is 12.1 Å². The van der Waals surface area contributed by atoms with Gasteiger partial charge in [-0.1, -0.05) is 24.2 Å². The van der Waals surface area contributed by atoms with Gasteiger partial charge < -0.3 is 19.0 Å². The first kappa shape index (κ1) is 21.6. The Morgan fingerprint density at radius 2 is 1.97 bits per heavy atom. The number of amides is 1. The zero-order valence-corrected chi connectivity index (χ0v) is 19.5. The van der Waals surface area contributed by atoms with Gasteiger partial charge in [-0.05, 0) is 49.6 Å². The lowest BCUT2D eigenvalue weighted by Gasteiger charge is -2.20. The molecule has 0 unspecified atom stereocenters. The van der Waals surface area contributed by atoms with Gasteiger partial charge in [0.05, 0.1) is 28.2 Å². The third kappa shape index (κ3) is 3.99. The first-order valence-corrected chi connectivity index (χ1v) is 10.7. The summed E-state index contributed by atoms with van der Waals surface area (Å²) in [5.74, 6) is 0.170. The van der Waals surface area contributed by atoms with E-state index in [1.807, 2.05) is 6.92 Å². The number of hydrazone groups is 1. The van der Waals surface area contributed by atoms with Gasteiger partial charge in [0.2, 0.25) is 12.5 Å². The van der Waals surface area contributed by atoms with Crippen LogP contribution in [0, 0.1) is 11.7 Å². The average molecular weight is 557 g/mol. The quantitative estimate of drug-likeness (QED) is 0.438. The van der Waals surface area contributed by atoms with E-state index < -0.39 is 17.9 Å². The van der Waals surface area contributed by atoms with Crippen molar-refractivity contribution in [3.63, 3.8) is 0 Å². The lowest BCUT2D eigenvalue weighted by molar-refractivity contribution is -0.115. The minimum atomic E-state index is -0.589. The maximum Gasteiger partial charge on any atom is 0.289 e. The molecule has 0 aliphatic carbocycles. The largest absolute Gasteiger partial charge is 0.492 e. The highest BCUT2D eigenvalue weighted by atomic mass is 79.9. The Morgan fingerprint density at radius 3 is 2.68 bits per heavy atom. The second kappa shape index (κ2) is 8.83. The smallest absolute Gasteiger partial charge is 0.289 e. The predicted octanol–water partition coefficient (Wildman–Crippen LogP) is 4.30. The number of hydrogen-bond acceptors (Lipinski definition) is 7. The number of carbonyl (C=O) groups is 1. The van der Waals surface area contributed by atoms with Crippen LogP contribution in [-0.2, 0) is 9.63 Å². The molecule has 0 spiro atoms. The van der Waals surface area contributed by atoms with E-state index in [2.05, 4.69) is 47.5 Å². The molecule has 2 aliphatic heterocycles. The lowest BCUT2D eigenvalue weighted by atomic mass is 9.93. The molecule has 0 radical (unpaired) electrons. The standard InChI is InChI=1S/C20H16Br2FN3O5/c1-9-15(20(27)25-24-7-10-3-5-11(23)6-4-10)26-31-16(9)12-13(21)17(28-2)19-18(14(12)22)29-8-30-19/h3-7,9,16H,8H2,1-2H3,(H,25,27)/b24-7-/t9-,16-/m1/s1. The van der Waals surface area contributed by atoms with Crippen LogP contribution in [-0.4, -0.2) is 31.7 Å². The van der Waals surface area contributed by atoms with Crippen molar-refractivity contribution < 1.29 is 28.2 Å². The van der Waals surface area contributed by atoms with Crippen molar-refractivity contribution in [3.05, 3.63) is 50.2 Å². The molecule has 2 aromatic carbocycles. The van der Waals surface area contributed by atoms with E-state index in [-0.39, 0.29) is 18.3 Å². The van der Waals surface area contributed by atoms with Crippen LogP contribution in [0.4, 0.5) is 4.39 Å². The molecule has 0 saturated carbocycles. The second-order valence-corrected chi connectivity index (χ2v) is 8.27. The van der Waals surface area contributed by atoms with Crippen LogP contribution >= 0.6 is 31.9 Å². The van der Waals surface area contributed by atoms with Crippen LogP contribution in [0.2, 0.25) is 0 Å². The van der Waals surface area contributed by atoms with E-state index in [1.165, 1.54) is 25.5 Å². The summed E-state index contributed by atoms with van der Waals surface area (Å²) in [4.78, 5) is 18.2. The number of oxime groups is 1. The summed E-state index contributed by atoms with van der Waals surface area (Å²) in [5, 5.41) is 7.87. The van der Waals surface area contributed by atoms with Crippen LogP contribution in [0.3, 0.4) is 0 Å². The van der Waals surface area contributed by atoms with Crippen LogP contribution in [0.15, 0.2) is 43.5 Å². The number of rotatable bonds is 5. The minimum Gasteiger partial charge on any atom is -0.492 e. The number of halogens is 3. The molecule has 0 bridgehead atoms. The fourth-order valence-corrected chi connectivity index (χ4v) is 4.99. The van der Waals surface area contributed by atoms with Gasteiger partial charge in [0.25, 0.3) is 5.91 Å². The molecule has 31 heavy (non-hydrogen) atoms. The second-order valence-electron chi connectivity index (χ2n) is 6.68. The van der Waals surface area contributed by atoms with E-state index >= 15 is 0 Å². The number of nitrogens with zero attached hydrogens (tertiary/aromatic N) is 2. The molecule has 1 amide bonds. The summed E-state index contributed by atoms with van der Waals surface area (Å²) in [6.07, 6.45) is 0.820. The van der Waals surface area contributed by atoms with Crippen molar-refractivity contribution >= 4 is 49.7 Å². The molecule has 0 saturated heterocycles. The van der Waals surface area contributed by atoms with Gasteiger partial charge in [0, 0.05) is 5.56 Å². The van der Waals surface area contributed by atoms with Gasteiger partial charge in [-0.15, -0.1) is 0 Å². The minimum absolute atomic E-state index is 0.0669. The topological polar surface area (TPSA) is 90.7 Å². The fourth-order valence-electron chi connectivity index (χ4n) is 3.24. The van der Waals surface area contributed by atoms with E-state index in [4.69, 9.17) is 19.0 Å². The number of nitrogens with one attached hydrogen (secondary N) is 1. The van der Waals surface area contributed by atoms with Gasteiger partial charge in [-0.25, -0.2) is 9.82 Å². The van der Waals surface area contributed by atoms with Crippen molar-refractivity contribution in [2.45, 2.75) is 13.0 Å². The maximum absolute atomic E-state index is 13.0. The van der Waals surface area contributed by atoms with Gasteiger partial charge in [-0.2, -0.15) is 5.10 Å². The number of hydrogen-bond donors (Lipinski definition) is 1. The molecule has 2 aliphatic rings. The molecule has 4 rings (SSSR count). The Morgan fingerprint density at radius 1 is 1.26 bits per heavy atom. The molecule has 162 valence electrons. The molecule has 8 nitrogen and oxygen atoms in total. The summed E-state index contributed by atoms with van der Waals surface area (Å²) in [5.41, 5.74) is 3.91. The molecule has 2 aromatic rings. The van der Waals surface area contributed by atoms with Crippen molar-refractivity contribution in [2.75, 3.05) is 13.9 Å². The lowest BCUT2D eigenvalue weighted by Crippen LogP contribution is -2.31. The fraction of sp³-hybridized carbons (Fsp3) is 0.250. The molecule has 11 heteroatoms. The molecular formula is C20H16Br2FN3O5. The van der Waals surface area contributed by atoms with E-state index in [0.29, 0.717) is 37.3 Å². The summed E-state index contributed by atoms with van der Waals surface area (Å²) < 4.78 is 30.7. The molecule has 1 N–H and O–H groups in total. The van der Waals surface area contributed by atoms with Crippen molar-refractivity contribution in [1.82, 2.24) is 5.43 Å². The van der Waals surface area contributed by atoms with Crippen LogP contribution in [0.25, 0.3) is 0 Å². The highest BCUT2D eigenvalue weighted by Crippen LogP contribution is 2.55. The Bertz CT molecular complexity index is 1090. The van der Waals surface area contributed by atoms with Gasteiger partial charge in [-0.3, -0.25) is 4.79 Å². The van der Waals surface area contributed by atoms with Crippen LogP contribution < -0.4 is 19.6 Å².